The molecule has 208 valence electrons. The van der Waals surface area contributed by atoms with Crippen LogP contribution < -0.4 is 14.8 Å². The van der Waals surface area contributed by atoms with Gasteiger partial charge >= 0.3 is 0 Å². The van der Waals surface area contributed by atoms with E-state index >= 15 is 8.78 Å². The molecule has 0 unspecified atom stereocenters. The first-order chi connectivity index (χ1) is 19.4. The van der Waals surface area contributed by atoms with Crippen LogP contribution in [0.15, 0.2) is 48.9 Å². The molecule has 9 nitrogen and oxygen atoms in total. The minimum Gasteiger partial charge on any atom is -0.494 e. The third-order valence-corrected chi connectivity index (χ3v) is 7.09. The van der Waals surface area contributed by atoms with Gasteiger partial charge in [-0.25, -0.2) is 8.78 Å². The highest BCUT2D eigenvalue weighted by Gasteiger charge is 2.25. The Hall–Kier alpha value is -4.22. The van der Waals surface area contributed by atoms with Gasteiger partial charge in [-0.1, -0.05) is 13.0 Å². The van der Waals surface area contributed by atoms with E-state index in [1.807, 2.05) is 6.07 Å². The number of hydrogen-bond donors (Lipinski definition) is 1. The van der Waals surface area contributed by atoms with Crippen molar-refractivity contribution in [3.8, 4) is 22.6 Å². The van der Waals surface area contributed by atoms with Crippen molar-refractivity contribution in [1.82, 2.24) is 24.8 Å². The van der Waals surface area contributed by atoms with E-state index in [0.717, 1.165) is 51.0 Å². The van der Waals surface area contributed by atoms with Crippen LogP contribution in [0.2, 0.25) is 0 Å². The highest BCUT2D eigenvalue weighted by Crippen LogP contribution is 2.40. The van der Waals surface area contributed by atoms with Gasteiger partial charge in [-0.3, -0.25) is 24.6 Å². The molecule has 2 aromatic heterocycles. The predicted octanol–water partition coefficient (Wildman–Crippen LogP) is 4.38. The molecule has 0 spiro atoms. The van der Waals surface area contributed by atoms with Crippen LogP contribution in [0.25, 0.3) is 22.2 Å². The average Bonchev–Trinajstić information content (AvgIpc) is 2.98. The first-order valence-electron chi connectivity index (χ1n) is 13.0. The zero-order chi connectivity index (χ0) is 28.2. The van der Waals surface area contributed by atoms with Crippen LogP contribution in [-0.4, -0.2) is 77.6 Å². The summed E-state index contributed by atoms with van der Waals surface area (Å²) in [5, 5.41) is 2.84. The highest BCUT2D eigenvalue weighted by molar-refractivity contribution is 6.13. The number of piperazine rings is 1. The molecule has 0 saturated carbocycles. The Labute approximate surface area is 230 Å². The molecule has 1 fully saturated rings. The molecule has 1 amide bonds. The molecule has 0 aliphatic carbocycles. The first-order valence-corrected chi connectivity index (χ1v) is 13.0. The maximum Gasteiger partial charge on any atom is 0.257 e. The van der Waals surface area contributed by atoms with Crippen LogP contribution in [0.3, 0.4) is 0 Å². The number of methoxy groups -OCH3 is 2. The van der Waals surface area contributed by atoms with Crippen molar-refractivity contribution in [3.05, 3.63) is 71.8 Å². The molecule has 0 bridgehead atoms. The van der Waals surface area contributed by atoms with E-state index in [9.17, 15) is 4.79 Å². The summed E-state index contributed by atoms with van der Waals surface area (Å²) >= 11 is 0. The number of ether oxygens (including phenoxy) is 2. The zero-order valence-electron chi connectivity index (χ0n) is 22.6. The summed E-state index contributed by atoms with van der Waals surface area (Å²) in [6.07, 6.45) is 4.43. The van der Waals surface area contributed by atoms with Gasteiger partial charge in [0.15, 0.2) is 23.1 Å². The molecule has 1 saturated heterocycles. The second kappa shape index (κ2) is 11.9. The number of nitrogens with one attached hydrogen (secondary N) is 1. The fourth-order valence-corrected chi connectivity index (χ4v) is 4.85. The number of nitrogens with zero attached hydrogens (tertiary/aromatic N) is 5. The maximum atomic E-state index is 15.3. The van der Waals surface area contributed by atoms with Crippen molar-refractivity contribution in [1.29, 1.82) is 0 Å². The summed E-state index contributed by atoms with van der Waals surface area (Å²) in [6.45, 7) is 8.06. The number of halogens is 2. The van der Waals surface area contributed by atoms with Crippen LogP contribution in [0.1, 0.15) is 23.0 Å². The fraction of sp³-hybridized carbons (Fsp3) is 0.310. The van der Waals surface area contributed by atoms with Crippen molar-refractivity contribution in [2.45, 2.75) is 13.5 Å². The van der Waals surface area contributed by atoms with Gasteiger partial charge in [-0.05, 0) is 24.7 Å². The number of benzene rings is 2. The van der Waals surface area contributed by atoms with Crippen LogP contribution >= 0.6 is 0 Å². The smallest absolute Gasteiger partial charge is 0.257 e. The minimum atomic E-state index is -0.914. The van der Waals surface area contributed by atoms with Gasteiger partial charge in [-0.15, -0.1) is 0 Å². The Morgan fingerprint density at radius 3 is 2.15 bits per heavy atom. The summed E-state index contributed by atoms with van der Waals surface area (Å²) < 4.78 is 40.7. The van der Waals surface area contributed by atoms with Gasteiger partial charge in [-0.2, -0.15) is 0 Å². The lowest BCUT2D eigenvalue weighted by Gasteiger charge is -2.33. The first kappa shape index (κ1) is 27.4. The summed E-state index contributed by atoms with van der Waals surface area (Å²) in [5.41, 5.74) is 1.69. The monoisotopic (exact) mass is 548 g/mol. The lowest BCUT2D eigenvalue weighted by molar-refractivity contribution is 0.102. The Morgan fingerprint density at radius 1 is 0.900 bits per heavy atom. The quantitative estimate of drug-likeness (QED) is 0.347. The third kappa shape index (κ3) is 5.43. The van der Waals surface area contributed by atoms with Crippen molar-refractivity contribution in [2.75, 3.05) is 52.3 Å². The van der Waals surface area contributed by atoms with Crippen molar-refractivity contribution < 1.29 is 23.0 Å². The second-order valence-corrected chi connectivity index (χ2v) is 9.40. The standard InChI is InChI=1S/C29H30F2N6O3/c1-4-36-11-13-37(14-12-36)17-19-6-5-18(16-34-19)35-29(38)21-8-7-20(27-28(21)33-10-9-32-27)24-25(30)22(39-2)15-23(40-3)26(24)31/h5-10,15-16H,4,11-14,17H2,1-3H3,(H,35,38). The minimum absolute atomic E-state index is 0.109. The molecule has 1 aliphatic heterocycles. The topological polar surface area (TPSA) is 92.7 Å². The largest absolute Gasteiger partial charge is 0.494 e. The maximum absolute atomic E-state index is 15.3. The van der Waals surface area contributed by atoms with E-state index in [2.05, 4.69) is 37.0 Å². The molecule has 0 atom stereocenters. The lowest BCUT2D eigenvalue weighted by Crippen LogP contribution is -2.45. The molecular weight excluding hydrogens is 518 g/mol. The molecular formula is C29H30F2N6O3. The third-order valence-electron chi connectivity index (χ3n) is 7.09. The summed E-state index contributed by atoms with van der Waals surface area (Å²) in [7, 11) is 2.56. The van der Waals surface area contributed by atoms with Crippen molar-refractivity contribution >= 4 is 22.6 Å². The number of pyridine rings is 1. The number of hydrogen-bond acceptors (Lipinski definition) is 8. The number of carbonyl (C=O) groups excluding carboxylic acids is 1. The van der Waals surface area contributed by atoms with Gasteiger partial charge in [0.2, 0.25) is 0 Å². The zero-order valence-corrected chi connectivity index (χ0v) is 22.6. The van der Waals surface area contributed by atoms with Gasteiger partial charge in [0.1, 0.15) is 5.52 Å². The number of aromatic nitrogens is 3. The number of fused-ring (bicyclic) bond motifs is 1. The van der Waals surface area contributed by atoms with Crippen LogP contribution in [0.4, 0.5) is 14.5 Å². The van der Waals surface area contributed by atoms with Crippen LogP contribution in [-0.2, 0) is 6.54 Å². The van der Waals surface area contributed by atoms with Gasteiger partial charge in [0.25, 0.3) is 5.91 Å². The molecule has 2 aromatic carbocycles. The van der Waals surface area contributed by atoms with E-state index in [0.29, 0.717) is 5.69 Å². The summed E-state index contributed by atoms with van der Waals surface area (Å²) in [4.78, 5) is 31.2. The molecule has 1 aliphatic rings. The molecule has 1 N–H and O–H groups in total. The Morgan fingerprint density at radius 2 is 1.55 bits per heavy atom. The van der Waals surface area contributed by atoms with Crippen molar-refractivity contribution in [3.63, 3.8) is 0 Å². The number of rotatable bonds is 8. The Kier molecular flexibility index (Phi) is 8.13. The number of carbonyl (C=O) groups is 1. The summed E-state index contributed by atoms with van der Waals surface area (Å²) in [5.74, 6) is -2.66. The average molecular weight is 549 g/mol. The van der Waals surface area contributed by atoms with Crippen LogP contribution in [0, 0.1) is 11.6 Å². The Bertz CT molecular complexity index is 1500. The number of likely N-dealkylation sites (N-methyl/N-ethyl adjacent to an activating group) is 1. The Balaban J connectivity index is 1.39. The number of amides is 1. The van der Waals surface area contributed by atoms with Gasteiger partial charge < -0.3 is 19.7 Å². The summed E-state index contributed by atoms with van der Waals surface area (Å²) in [6, 6.07) is 7.73. The lowest BCUT2D eigenvalue weighted by atomic mass is 9.98. The van der Waals surface area contributed by atoms with Crippen LogP contribution in [0.5, 0.6) is 11.5 Å². The SMILES string of the molecule is CCN1CCN(Cc2ccc(NC(=O)c3ccc(-c4c(F)c(OC)cc(OC)c4F)c4nccnc34)cn2)CC1. The van der Waals surface area contributed by atoms with Gasteiger partial charge in [0, 0.05) is 56.7 Å². The molecule has 4 aromatic rings. The van der Waals surface area contributed by atoms with E-state index in [-0.39, 0.29) is 39.2 Å². The fourth-order valence-electron chi connectivity index (χ4n) is 4.85. The van der Waals surface area contributed by atoms with E-state index in [4.69, 9.17) is 9.47 Å². The highest BCUT2D eigenvalue weighted by atomic mass is 19.1. The van der Waals surface area contributed by atoms with E-state index in [1.54, 1.807) is 12.3 Å². The van der Waals surface area contributed by atoms with Crippen molar-refractivity contribution in [2.24, 2.45) is 0 Å². The molecule has 3 heterocycles. The number of anilines is 1. The van der Waals surface area contributed by atoms with Gasteiger partial charge in [0.05, 0.1) is 48.4 Å². The molecule has 40 heavy (non-hydrogen) atoms. The predicted molar refractivity (Wildman–Crippen MR) is 148 cm³/mol. The second-order valence-electron chi connectivity index (χ2n) is 9.40. The molecule has 5 rings (SSSR count). The molecule has 11 heteroatoms. The van der Waals surface area contributed by atoms with E-state index in [1.165, 1.54) is 38.7 Å². The van der Waals surface area contributed by atoms with E-state index < -0.39 is 17.5 Å². The molecule has 0 radical (unpaired) electrons. The normalized spacial score (nSPS) is 14.3.